The zero-order valence-electron chi connectivity index (χ0n) is 13.5. The van der Waals surface area contributed by atoms with Crippen molar-refractivity contribution in [1.29, 1.82) is 0 Å². The van der Waals surface area contributed by atoms with Crippen molar-refractivity contribution in [3.05, 3.63) is 40.4 Å². The summed E-state index contributed by atoms with van der Waals surface area (Å²) in [6, 6.07) is 7.56. The van der Waals surface area contributed by atoms with Gasteiger partial charge in [0.05, 0.1) is 0 Å². The zero-order valence-corrected chi connectivity index (χ0v) is 15.1. The van der Waals surface area contributed by atoms with E-state index in [0.717, 1.165) is 29.5 Å². The molecule has 23 heavy (non-hydrogen) atoms. The number of amides is 1. The Morgan fingerprint density at radius 1 is 1.22 bits per heavy atom. The van der Waals surface area contributed by atoms with E-state index in [1.165, 1.54) is 6.08 Å². The number of rotatable bonds is 4. The lowest BCUT2D eigenvalue weighted by molar-refractivity contribution is -0.149. The zero-order chi connectivity index (χ0) is 16.8. The molecule has 1 aromatic carbocycles. The van der Waals surface area contributed by atoms with Gasteiger partial charge in [-0.05, 0) is 42.0 Å². The van der Waals surface area contributed by atoms with E-state index in [1.54, 1.807) is 11.0 Å². The Bertz CT molecular complexity index is 572. The number of piperidine rings is 1. The standard InChI is InChI=1S/C18H22BrNO3/c1-13-9-14(2)11-20(10-13)17(21)12-23-18(22)8-5-15-3-6-16(19)7-4-15/h3-8,13-14H,9-12H2,1-2H3/b8-5+. The Kier molecular flexibility index (Phi) is 6.39. The number of halogens is 1. The maximum atomic E-state index is 12.1. The van der Waals surface area contributed by atoms with Crippen LogP contribution in [-0.4, -0.2) is 36.5 Å². The highest BCUT2D eigenvalue weighted by atomic mass is 79.9. The van der Waals surface area contributed by atoms with E-state index in [-0.39, 0.29) is 12.5 Å². The van der Waals surface area contributed by atoms with Crippen LogP contribution in [0.4, 0.5) is 0 Å². The lowest BCUT2D eigenvalue weighted by atomic mass is 9.92. The van der Waals surface area contributed by atoms with Gasteiger partial charge in [0.15, 0.2) is 6.61 Å². The minimum Gasteiger partial charge on any atom is -0.452 e. The molecule has 1 aliphatic heterocycles. The first-order valence-corrected chi connectivity index (χ1v) is 8.61. The smallest absolute Gasteiger partial charge is 0.331 e. The maximum absolute atomic E-state index is 12.1. The van der Waals surface area contributed by atoms with Gasteiger partial charge < -0.3 is 9.64 Å². The first kappa shape index (κ1) is 17.7. The van der Waals surface area contributed by atoms with Gasteiger partial charge >= 0.3 is 5.97 Å². The van der Waals surface area contributed by atoms with Crippen molar-refractivity contribution in [3.63, 3.8) is 0 Å². The van der Waals surface area contributed by atoms with Gasteiger partial charge in [-0.1, -0.05) is 41.9 Å². The van der Waals surface area contributed by atoms with Gasteiger partial charge in [-0.3, -0.25) is 4.79 Å². The summed E-state index contributed by atoms with van der Waals surface area (Å²) >= 11 is 3.35. The maximum Gasteiger partial charge on any atom is 0.331 e. The third-order valence-electron chi connectivity index (χ3n) is 3.84. The Labute approximate surface area is 145 Å². The number of carbonyl (C=O) groups is 2. The summed E-state index contributed by atoms with van der Waals surface area (Å²) < 4.78 is 6.03. The number of hydrogen-bond donors (Lipinski definition) is 0. The van der Waals surface area contributed by atoms with Crippen LogP contribution in [0.5, 0.6) is 0 Å². The van der Waals surface area contributed by atoms with Crippen molar-refractivity contribution in [2.75, 3.05) is 19.7 Å². The van der Waals surface area contributed by atoms with Crippen molar-refractivity contribution in [2.45, 2.75) is 20.3 Å². The Morgan fingerprint density at radius 2 is 1.83 bits per heavy atom. The fraction of sp³-hybridized carbons (Fsp3) is 0.444. The van der Waals surface area contributed by atoms with Gasteiger partial charge in [0.25, 0.3) is 5.91 Å². The van der Waals surface area contributed by atoms with E-state index in [9.17, 15) is 9.59 Å². The van der Waals surface area contributed by atoms with Gasteiger partial charge in [0.2, 0.25) is 0 Å². The molecule has 1 saturated heterocycles. The molecule has 0 bridgehead atoms. The highest BCUT2D eigenvalue weighted by Crippen LogP contribution is 2.20. The predicted octanol–water partition coefficient (Wildman–Crippen LogP) is 3.51. The number of nitrogens with zero attached hydrogens (tertiary/aromatic N) is 1. The Morgan fingerprint density at radius 3 is 2.43 bits per heavy atom. The number of ether oxygens (including phenoxy) is 1. The van der Waals surface area contributed by atoms with Crippen molar-refractivity contribution in [2.24, 2.45) is 11.8 Å². The molecule has 2 atom stereocenters. The third-order valence-corrected chi connectivity index (χ3v) is 4.37. The topological polar surface area (TPSA) is 46.6 Å². The summed E-state index contributed by atoms with van der Waals surface area (Å²) in [5.74, 6) is 0.375. The predicted molar refractivity (Wildman–Crippen MR) is 93.7 cm³/mol. The number of likely N-dealkylation sites (tertiary alicyclic amines) is 1. The van der Waals surface area contributed by atoms with E-state index < -0.39 is 5.97 Å². The van der Waals surface area contributed by atoms with Crippen LogP contribution in [0.2, 0.25) is 0 Å². The molecule has 1 fully saturated rings. The number of esters is 1. The van der Waals surface area contributed by atoms with Crippen LogP contribution in [0.1, 0.15) is 25.8 Å². The molecule has 0 aliphatic carbocycles. The molecule has 0 spiro atoms. The summed E-state index contributed by atoms with van der Waals surface area (Å²) in [6.45, 7) is 5.58. The number of hydrogen-bond acceptors (Lipinski definition) is 3. The average Bonchev–Trinajstić information content (AvgIpc) is 2.51. The van der Waals surface area contributed by atoms with Gasteiger partial charge in [-0.2, -0.15) is 0 Å². The number of benzene rings is 1. The third kappa shape index (κ3) is 5.82. The van der Waals surface area contributed by atoms with Gasteiger partial charge in [0, 0.05) is 23.6 Å². The van der Waals surface area contributed by atoms with Crippen LogP contribution in [-0.2, 0) is 14.3 Å². The van der Waals surface area contributed by atoms with Crippen LogP contribution in [0.25, 0.3) is 6.08 Å². The SMILES string of the molecule is CC1CC(C)CN(C(=O)COC(=O)/C=C/c2ccc(Br)cc2)C1. The summed E-state index contributed by atoms with van der Waals surface area (Å²) in [7, 11) is 0. The van der Waals surface area contributed by atoms with E-state index in [1.807, 2.05) is 24.3 Å². The number of carbonyl (C=O) groups excluding carboxylic acids is 2. The van der Waals surface area contributed by atoms with Gasteiger partial charge in [-0.15, -0.1) is 0 Å². The highest BCUT2D eigenvalue weighted by molar-refractivity contribution is 9.10. The lowest BCUT2D eigenvalue weighted by Gasteiger charge is -2.34. The van der Waals surface area contributed by atoms with Gasteiger partial charge in [-0.25, -0.2) is 4.79 Å². The molecule has 0 N–H and O–H groups in total. The van der Waals surface area contributed by atoms with Crippen LogP contribution >= 0.6 is 15.9 Å². The molecule has 1 heterocycles. The molecular weight excluding hydrogens is 358 g/mol. The van der Waals surface area contributed by atoms with E-state index >= 15 is 0 Å². The molecule has 1 amide bonds. The van der Waals surface area contributed by atoms with Crippen LogP contribution in [0.15, 0.2) is 34.8 Å². The molecule has 5 heteroatoms. The second kappa shape index (κ2) is 8.29. The van der Waals surface area contributed by atoms with E-state index in [0.29, 0.717) is 11.8 Å². The summed E-state index contributed by atoms with van der Waals surface area (Å²) in [4.78, 5) is 25.6. The van der Waals surface area contributed by atoms with E-state index in [2.05, 4.69) is 29.8 Å². The molecule has 2 unspecified atom stereocenters. The van der Waals surface area contributed by atoms with Crippen LogP contribution in [0.3, 0.4) is 0 Å². The van der Waals surface area contributed by atoms with E-state index in [4.69, 9.17) is 4.74 Å². The molecule has 0 radical (unpaired) electrons. The minimum absolute atomic E-state index is 0.117. The van der Waals surface area contributed by atoms with Crippen molar-refractivity contribution in [1.82, 2.24) is 4.90 Å². The molecular formula is C18H22BrNO3. The molecule has 0 saturated carbocycles. The fourth-order valence-corrected chi connectivity index (χ4v) is 3.14. The summed E-state index contributed by atoms with van der Waals surface area (Å²) in [5, 5.41) is 0. The first-order valence-electron chi connectivity index (χ1n) is 7.82. The molecule has 0 aromatic heterocycles. The Hall–Kier alpha value is -1.62. The second-order valence-corrected chi connectivity index (χ2v) is 7.15. The quantitative estimate of drug-likeness (QED) is 0.593. The average molecular weight is 380 g/mol. The lowest BCUT2D eigenvalue weighted by Crippen LogP contribution is -2.44. The molecule has 1 aromatic rings. The molecule has 1 aliphatic rings. The largest absolute Gasteiger partial charge is 0.452 e. The highest BCUT2D eigenvalue weighted by Gasteiger charge is 2.25. The normalized spacial score (nSPS) is 21.4. The summed E-state index contributed by atoms with van der Waals surface area (Å²) in [6.07, 6.45) is 4.15. The van der Waals surface area contributed by atoms with Crippen molar-refractivity contribution < 1.29 is 14.3 Å². The van der Waals surface area contributed by atoms with Crippen LogP contribution < -0.4 is 0 Å². The monoisotopic (exact) mass is 379 g/mol. The summed E-state index contributed by atoms with van der Waals surface area (Å²) in [5.41, 5.74) is 0.898. The molecule has 124 valence electrons. The Balaban J connectivity index is 1.79. The first-order chi connectivity index (χ1) is 10.9. The molecule has 4 nitrogen and oxygen atoms in total. The second-order valence-electron chi connectivity index (χ2n) is 6.24. The van der Waals surface area contributed by atoms with Crippen molar-refractivity contribution >= 4 is 33.9 Å². The minimum atomic E-state index is -0.501. The van der Waals surface area contributed by atoms with Crippen molar-refractivity contribution in [3.8, 4) is 0 Å². The van der Waals surface area contributed by atoms with Crippen LogP contribution in [0, 0.1) is 11.8 Å². The molecule has 2 rings (SSSR count). The van der Waals surface area contributed by atoms with Gasteiger partial charge in [0.1, 0.15) is 0 Å². The fourth-order valence-electron chi connectivity index (χ4n) is 2.88.